The van der Waals surface area contributed by atoms with E-state index in [1.165, 1.54) is 5.56 Å². The molecule has 2 aromatic carbocycles. The molecule has 140 valence electrons. The van der Waals surface area contributed by atoms with Crippen LogP contribution in [0.25, 0.3) is 11.0 Å². The van der Waals surface area contributed by atoms with Crippen LogP contribution in [0, 0.1) is 0 Å². The number of fused-ring (bicyclic) bond motifs is 1. The Bertz CT molecular complexity index is 952. The van der Waals surface area contributed by atoms with Gasteiger partial charge >= 0.3 is 0 Å². The Morgan fingerprint density at radius 2 is 2.04 bits per heavy atom. The molecule has 6 heteroatoms. The summed E-state index contributed by atoms with van der Waals surface area (Å²) < 4.78 is 1.69. The van der Waals surface area contributed by atoms with Crippen molar-refractivity contribution < 1.29 is 4.79 Å². The molecule has 1 aromatic heterocycles. The molecule has 2 heterocycles. The van der Waals surface area contributed by atoms with Crippen LogP contribution >= 0.6 is 0 Å². The van der Waals surface area contributed by atoms with Crippen LogP contribution in [0.1, 0.15) is 35.7 Å². The number of aryl methyl sites for hydroxylation is 1. The van der Waals surface area contributed by atoms with Gasteiger partial charge in [0.2, 0.25) is 0 Å². The second-order valence-corrected chi connectivity index (χ2v) is 7.61. The van der Waals surface area contributed by atoms with Gasteiger partial charge in [0, 0.05) is 31.2 Å². The lowest BCUT2D eigenvalue weighted by Crippen LogP contribution is -2.49. The van der Waals surface area contributed by atoms with Gasteiger partial charge < -0.3 is 5.32 Å². The summed E-state index contributed by atoms with van der Waals surface area (Å²) in [6, 6.07) is 16.0. The summed E-state index contributed by atoms with van der Waals surface area (Å²) in [6.07, 6.45) is 2.25. The van der Waals surface area contributed by atoms with Crippen molar-refractivity contribution in [2.75, 3.05) is 13.1 Å². The van der Waals surface area contributed by atoms with Crippen LogP contribution in [0.5, 0.6) is 0 Å². The highest BCUT2D eigenvalue weighted by molar-refractivity contribution is 5.97. The maximum absolute atomic E-state index is 12.7. The molecule has 0 saturated carbocycles. The zero-order chi connectivity index (χ0) is 18.9. The lowest BCUT2D eigenvalue weighted by Gasteiger charge is -2.35. The first-order valence-electron chi connectivity index (χ1n) is 9.42. The van der Waals surface area contributed by atoms with E-state index in [1.807, 2.05) is 31.3 Å². The quantitative estimate of drug-likeness (QED) is 0.757. The summed E-state index contributed by atoms with van der Waals surface area (Å²) >= 11 is 0. The molecule has 1 amide bonds. The van der Waals surface area contributed by atoms with Crippen LogP contribution in [0.15, 0.2) is 48.5 Å². The number of rotatable bonds is 5. The largest absolute Gasteiger partial charge is 0.350 e. The molecule has 1 saturated heterocycles. The van der Waals surface area contributed by atoms with Crippen LogP contribution in [0.4, 0.5) is 0 Å². The summed E-state index contributed by atoms with van der Waals surface area (Å²) in [6.45, 7) is 4.87. The van der Waals surface area contributed by atoms with Gasteiger partial charge in [-0.15, -0.1) is 5.10 Å². The first-order valence-corrected chi connectivity index (χ1v) is 9.42. The molecule has 1 aliphatic heterocycles. The summed E-state index contributed by atoms with van der Waals surface area (Å²) in [5, 5.41) is 11.2. The van der Waals surface area contributed by atoms with E-state index in [1.54, 1.807) is 4.68 Å². The van der Waals surface area contributed by atoms with E-state index in [0.29, 0.717) is 12.1 Å². The van der Waals surface area contributed by atoms with Crippen LogP contribution in [0.3, 0.4) is 0 Å². The SMILES string of the molecule is Cn1nnc2ccc(C(=O)NCC3(C)CCCN3Cc3ccccc3)cc21. The number of carbonyl (C=O) groups excluding carboxylic acids is 1. The molecule has 1 unspecified atom stereocenters. The fraction of sp³-hybridized carbons (Fsp3) is 0.381. The van der Waals surface area contributed by atoms with Gasteiger partial charge in [0.1, 0.15) is 5.52 Å². The second kappa shape index (κ2) is 7.12. The normalized spacial score (nSPS) is 20.2. The molecule has 0 spiro atoms. The first kappa shape index (κ1) is 17.7. The van der Waals surface area contributed by atoms with E-state index in [-0.39, 0.29) is 11.4 Å². The monoisotopic (exact) mass is 363 g/mol. The maximum Gasteiger partial charge on any atom is 0.251 e. The first-order chi connectivity index (χ1) is 13.0. The fourth-order valence-corrected chi connectivity index (χ4v) is 3.90. The fourth-order valence-electron chi connectivity index (χ4n) is 3.90. The molecule has 1 N–H and O–H groups in total. The highest BCUT2D eigenvalue weighted by Gasteiger charge is 2.36. The van der Waals surface area contributed by atoms with E-state index in [9.17, 15) is 4.79 Å². The van der Waals surface area contributed by atoms with E-state index in [2.05, 4.69) is 51.7 Å². The van der Waals surface area contributed by atoms with Crippen molar-refractivity contribution in [3.8, 4) is 0 Å². The Hall–Kier alpha value is -2.73. The molecule has 1 atom stereocenters. The van der Waals surface area contributed by atoms with Gasteiger partial charge in [0.25, 0.3) is 5.91 Å². The van der Waals surface area contributed by atoms with Crippen LogP contribution in [0.2, 0.25) is 0 Å². The smallest absolute Gasteiger partial charge is 0.251 e. The van der Waals surface area contributed by atoms with Crippen LogP contribution in [-0.4, -0.2) is 44.4 Å². The summed E-state index contributed by atoms with van der Waals surface area (Å²) in [4.78, 5) is 15.2. The van der Waals surface area contributed by atoms with Gasteiger partial charge in [0.05, 0.1) is 5.52 Å². The number of hydrogen-bond acceptors (Lipinski definition) is 4. The predicted octanol–water partition coefficient (Wildman–Crippen LogP) is 2.75. The third-order valence-corrected chi connectivity index (χ3v) is 5.63. The number of nitrogens with one attached hydrogen (secondary N) is 1. The molecule has 1 aliphatic rings. The molecule has 3 aromatic rings. The average molecular weight is 363 g/mol. The van der Waals surface area contributed by atoms with E-state index >= 15 is 0 Å². The van der Waals surface area contributed by atoms with Gasteiger partial charge in [0.15, 0.2) is 0 Å². The lowest BCUT2D eigenvalue weighted by molar-refractivity contribution is 0.0897. The second-order valence-electron chi connectivity index (χ2n) is 7.61. The predicted molar refractivity (Wildman–Crippen MR) is 105 cm³/mol. The number of likely N-dealkylation sites (tertiary alicyclic amines) is 1. The number of nitrogens with zero attached hydrogens (tertiary/aromatic N) is 4. The molecule has 4 rings (SSSR count). The van der Waals surface area contributed by atoms with E-state index < -0.39 is 0 Å². The minimum Gasteiger partial charge on any atom is -0.350 e. The molecule has 0 radical (unpaired) electrons. The Balaban J connectivity index is 1.44. The number of amides is 1. The maximum atomic E-state index is 12.7. The van der Waals surface area contributed by atoms with Crippen molar-refractivity contribution >= 4 is 16.9 Å². The Morgan fingerprint density at radius 3 is 2.85 bits per heavy atom. The Kier molecular flexibility index (Phi) is 4.66. The van der Waals surface area contributed by atoms with E-state index in [0.717, 1.165) is 37.0 Å². The van der Waals surface area contributed by atoms with Crippen molar-refractivity contribution in [2.24, 2.45) is 7.05 Å². The third kappa shape index (κ3) is 3.57. The average Bonchev–Trinajstić information content (AvgIpc) is 3.24. The third-order valence-electron chi connectivity index (χ3n) is 5.63. The van der Waals surface area contributed by atoms with Gasteiger partial charge in [-0.1, -0.05) is 35.5 Å². The van der Waals surface area contributed by atoms with Crippen molar-refractivity contribution in [3.63, 3.8) is 0 Å². The van der Waals surface area contributed by atoms with Gasteiger partial charge in [-0.05, 0) is 50.1 Å². The highest BCUT2D eigenvalue weighted by Crippen LogP contribution is 2.30. The minimum absolute atomic E-state index is 0.0241. The van der Waals surface area contributed by atoms with Gasteiger partial charge in [-0.25, -0.2) is 4.68 Å². The zero-order valence-electron chi connectivity index (χ0n) is 15.9. The molecule has 0 bridgehead atoms. The van der Waals surface area contributed by atoms with Crippen LogP contribution in [-0.2, 0) is 13.6 Å². The van der Waals surface area contributed by atoms with Crippen molar-refractivity contribution in [1.29, 1.82) is 0 Å². The Labute approximate surface area is 159 Å². The number of hydrogen-bond donors (Lipinski definition) is 1. The molecule has 0 aliphatic carbocycles. The molecule has 1 fully saturated rings. The number of benzene rings is 2. The minimum atomic E-state index is -0.0501. The molecular formula is C21H25N5O. The number of aromatic nitrogens is 3. The van der Waals surface area contributed by atoms with Gasteiger partial charge in [-0.3, -0.25) is 9.69 Å². The van der Waals surface area contributed by atoms with Crippen molar-refractivity contribution in [1.82, 2.24) is 25.2 Å². The Morgan fingerprint density at radius 1 is 1.22 bits per heavy atom. The van der Waals surface area contributed by atoms with Crippen molar-refractivity contribution in [3.05, 3.63) is 59.7 Å². The molecule has 27 heavy (non-hydrogen) atoms. The molecule has 6 nitrogen and oxygen atoms in total. The number of carbonyl (C=O) groups is 1. The van der Waals surface area contributed by atoms with E-state index in [4.69, 9.17) is 0 Å². The molecular weight excluding hydrogens is 338 g/mol. The van der Waals surface area contributed by atoms with Crippen molar-refractivity contribution in [2.45, 2.75) is 31.8 Å². The van der Waals surface area contributed by atoms with Crippen LogP contribution < -0.4 is 5.32 Å². The highest BCUT2D eigenvalue weighted by atomic mass is 16.1. The topological polar surface area (TPSA) is 63.1 Å². The summed E-state index contributed by atoms with van der Waals surface area (Å²) in [7, 11) is 1.83. The lowest BCUT2D eigenvalue weighted by atomic mass is 9.98. The zero-order valence-corrected chi connectivity index (χ0v) is 15.9. The van der Waals surface area contributed by atoms with Gasteiger partial charge in [-0.2, -0.15) is 0 Å². The standard InChI is InChI=1S/C21H25N5O/c1-21(11-6-12-26(21)14-16-7-4-3-5-8-16)15-22-20(27)17-9-10-18-19(13-17)25(2)24-23-18/h3-5,7-10,13H,6,11-12,14-15H2,1-2H3,(H,22,27). The summed E-state index contributed by atoms with van der Waals surface area (Å²) in [5.74, 6) is -0.0501. The summed E-state index contributed by atoms with van der Waals surface area (Å²) in [5.41, 5.74) is 3.59.